The van der Waals surface area contributed by atoms with E-state index in [9.17, 15) is 4.79 Å². The van der Waals surface area contributed by atoms with Gasteiger partial charge in [0.15, 0.2) is 0 Å². The molecule has 2 N–H and O–H groups in total. The summed E-state index contributed by atoms with van der Waals surface area (Å²) in [5.41, 5.74) is 2.11. The molecule has 0 aliphatic heterocycles. The van der Waals surface area contributed by atoms with Crippen molar-refractivity contribution in [1.82, 2.24) is 4.98 Å². The second-order valence-corrected chi connectivity index (χ2v) is 3.76. The van der Waals surface area contributed by atoms with Gasteiger partial charge in [-0.2, -0.15) is 12.6 Å². The van der Waals surface area contributed by atoms with Crippen LogP contribution in [0.4, 0.5) is 0 Å². The van der Waals surface area contributed by atoms with Gasteiger partial charge in [0, 0.05) is 22.9 Å². The van der Waals surface area contributed by atoms with Crippen molar-refractivity contribution in [2.75, 3.05) is 5.75 Å². The van der Waals surface area contributed by atoms with Crippen LogP contribution in [0.3, 0.4) is 0 Å². The smallest absolute Gasteiger partial charge is 0.337 e. The van der Waals surface area contributed by atoms with E-state index in [1.807, 2.05) is 30.4 Å². The summed E-state index contributed by atoms with van der Waals surface area (Å²) in [7, 11) is 0. The molecule has 0 saturated heterocycles. The molecule has 2 rings (SSSR count). The molecule has 1 heterocycles. The third kappa shape index (κ3) is 1.97. The monoisotopic (exact) mass is 233 g/mol. The van der Waals surface area contributed by atoms with E-state index in [2.05, 4.69) is 17.6 Å². The lowest BCUT2D eigenvalue weighted by Gasteiger charge is -1.96. The SMILES string of the molecule is O=C(O)c1c[nH]c2ccc(C=CCS)cc12. The number of aromatic carboxylic acids is 1. The first-order valence-electron chi connectivity index (χ1n) is 4.84. The number of carbonyl (C=O) groups is 1. The quantitative estimate of drug-likeness (QED) is 0.714. The Labute approximate surface area is 98.2 Å². The number of H-pyrrole nitrogens is 1. The largest absolute Gasteiger partial charge is 0.478 e. The van der Waals surface area contributed by atoms with Crippen LogP contribution in [-0.2, 0) is 0 Å². The summed E-state index contributed by atoms with van der Waals surface area (Å²) < 4.78 is 0. The first kappa shape index (κ1) is 10.8. The van der Waals surface area contributed by atoms with Gasteiger partial charge in [-0.15, -0.1) is 0 Å². The predicted molar refractivity (Wildman–Crippen MR) is 68.1 cm³/mol. The summed E-state index contributed by atoms with van der Waals surface area (Å²) in [6, 6.07) is 5.67. The summed E-state index contributed by atoms with van der Waals surface area (Å²) in [5.74, 6) is -0.252. The van der Waals surface area contributed by atoms with Crippen molar-refractivity contribution in [3.8, 4) is 0 Å². The number of aromatic nitrogens is 1. The van der Waals surface area contributed by atoms with Crippen LogP contribution in [0.1, 0.15) is 15.9 Å². The summed E-state index contributed by atoms with van der Waals surface area (Å²) >= 11 is 4.08. The number of hydrogen-bond acceptors (Lipinski definition) is 2. The molecular formula is C12H11NO2S. The van der Waals surface area contributed by atoms with Crippen LogP contribution in [0.15, 0.2) is 30.5 Å². The maximum atomic E-state index is 11.0. The fourth-order valence-electron chi connectivity index (χ4n) is 1.61. The summed E-state index contributed by atoms with van der Waals surface area (Å²) in [5, 5.41) is 9.72. The van der Waals surface area contributed by atoms with Crippen LogP contribution in [0, 0.1) is 0 Å². The Balaban J connectivity index is 2.54. The van der Waals surface area contributed by atoms with Gasteiger partial charge in [0.1, 0.15) is 0 Å². The van der Waals surface area contributed by atoms with Crippen LogP contribution in [-0.4, -0.2) is 21.8 Å². The molecule has 16 heavy (non-hydrogen) atoms. The fraction of sp³-hybridized carbons (Fsp3) is 0.0833. The zero-order valence-electron chi connectivity index (χ0n) is 8.47. The Morgan fingerprint density at radius 2 is 2.31 bits per heavy atom. The minimum Gasteiger partial charge on any atom is -0.478 e. The standard InChI is InChI=1S/C12H11NO2S/c14-12(15)10-7-13-11-4-3-8(2-1-5-16)6-9(10)11/h1-4,6-7,13,16H,5H2,(H,14,15). The topological polar surface area (TPSA) is 53.1 Å². The zero-order valence-corrected chi connectivity index (χ0v) is 9.37. The molecule has 0 radical (unpaired) electrons. The molecule has 0 spiro atoms. The highest BCUT2D eigenvalue weighted by Crippen LogP contribution is 2.20. The normalized spacial score (nSPS) is 11.3. The van der Waals surface area contributed by atoms with Crippen LogP contribution in [0.25, 0.3) is 17.0 Å². The van der Waals surface area contributed by atoms with Gasteiger partial charge in [-0.25, -0.2) is 4.79 Å². The maximum absolute atomic E-state index is 11.0. The molecule has 0 atom stereocenters. The minimum atomic E-state index is -0.915. The van der Waals surface area contributed by atoms with E-state index in [1.54, 1.807) is 0 Å². The molecule has 0 saturated carbocycles. The van der Waals surface area contributed by atoms with E-state index in [4.69, 9.17) is 5.11 Å². The van der Waals surface area contributed by atoms with Crippen molar-refractivity contribution in [2.45, 2.75) is 0 Å². The van der Waals surface area contributed by atoms with Crippen molar-refractivity contribution in [3.05, 3.63) is 41.6 Å². The molecule has 0 fully saturated rings. The number of carboxylic acid groups (broad SMARTS) is 1. The molecule has 0 unspecified atom stereocenters. The lowest BCUT2D eigenvalue weighted by molar-refractivity contribution is 0.0699. The van der Waals surface area contributed by atoms with Crippen LogP contribution < -0.4 is 0 Å². The van der Waals surface area contributed by atoms with E-state index in [1.165, 1.54) is 6.20 Å². The number of rotatable bonds is 3. The van der Waals surface area contributed by atoms with Crippen molar-refractivity contribution >= 4 is 35.6 Å². The molecule has 2 aromatic rings. The third-order valence-electron chi connectivity index (χ3n) is 2.35. The predicted octanol–water partition coefficient (Wildman–Crippen LogP) is 2.81. The van der Waals surface area contributed by atoms with Gasteiger partial charge >= 0.3 is 5.97 Å². The first-order chi connectivity index (χ1) is 7.72. The second kappa shape index (κ2) is 4.45. The molecule has 1 aromatic heterocycles. The highest BCUT2D eigenvalue weighted by molar-refractivity contribution is 7.80. The molecule has 0 bridgehead atoms. The number of hydrogen-bond donors (Lipinski definition) is 3. The first-order valence-corrected chi connectivity index (χ1v) is 5.47. The van der Waals surface area contributed by atoms with Crippen LogP contribution >= 0.6 is 12.6 Å². The summed E-state index contributed by atoms with van der Waals surface area (Å²) in [6.07, 6.45) is 5.35. The molecule has 82 valence electrons. The Bertz CT molecular complexity index is 557. The fourth-order valence-corrected chi connectivity index (χ4v) is 1.71. The number of aromatic amines is 1. The Hall–Kier alpha value is -1.68. The van der Waals surface area contributed by atoms with Crippen molar-refractivity contribution in [1.29, 1.82) is 0 Å². The van der Waals surface area contributed by atoms with E-state index < -0.39 is 5.97 Å². The van der Waals surface area contributed by atoms with E-state index in [0.717, 1.165) is 16.5 Å². The highest BCUT2D eigenvalue weighted by atomic mass is 32.1. The number of fused-ring (bicyclic) bond motifs is 1. The van der Waals surface area contributed by atoms with Crippen molar-refractivity contribution < 1.29 is 9.90 Å². The molecule has 1 aromatic carbocycles. The molecule has 4 heteroatoms. The number of carboxylic acids is 1. The summed E-state index contributed by atoms with van der Waals surface area (Å²) in [4.78, 5) is 13.9. The second-order valence-electron chi connectivity index (χ2n) is 3.40. The lowest BCUT2D eigenvalue weighted by Crippen LogP contribution is -1.93. The van der Waals surface area contributed by atoms with Crippen LogP contribution in [0.5, 0.6) is 0 Å². The van der Waals surface area contributed by atoms with Crippen molar-refractivity contribution in [3.63, 3.8) is 0 Å². The van der Waals surface area contributed by atoms with Gasteiger partial charge in [-0.3, -0.25) is 0 Å². The Kier molecular flexibility index (Phi) is 3.01. The van der Waals surface area contributed by atoms with E-state index in [0.29, 0.717) is 11.3 Å². The van der Waals surface area contributed by atoms with Gasteiger partial charge in [-0.05, 0) is 17.7 Å². The zero-order chi connectivity index (χ0) is 11.5. The lowest BCUT2D eigenvalue weighted by atomic mass is 10.1. The average molecular weight is 233 g/mol. The number of thiol groups is 1. The van der Waals surface area contributed by atoms with Gasteiger partial charge in [-0.1, -0.05) is 18.2 Å². The van der Waals surface area contributed by atoms with Crippen molar-refractivity contribution in [2.24, 2.45) is 0 Å². The molecule has 0 aliphatic rings. The maximum Gasteiger partial charge on any atom is 0.337 e. The molecule has 0 amide bonds. The molecule has 0 aliphatic carbocycles. The van der Waals surface area contributed by atoms with Gasteiger partial charge in [0.05, 0.1) is 5.56 Å². The van der Waals surface area contributed by atoms with E-state index in [-0.39, 0.29) is 0 Å². The van der Waals surface area contributed by atoms with Gasteiger partial charge in [0.2, 0.25) is 0 Å². The minimum absolute atomic E-state index is 0.302. The van der Waals surface area contributed by atoms with Gasteiger partial charge < -0.3 is 10.1 Å². The Morgan fingerprint density at radius 1 is 1.50 bits per heavy atom. The summed E-state index contributed by atoms with van der Waals surface area (Å²) in [6.45, 7) is 0. The third-order valence-corrected chi connectivity index (χ3v) is 2.56. The van der Waals surface area contributed by atoms with Gasteiger partial charge in [0.25, 0.3) is 0 Å². The number of benzene rings is 1. The number of nitrogens with one attached hydrogen (secondary N) is 1. The van der Waals surface area contributed by atoms with Crippen LogP contribution in [0.2, 0.25) is 0 Å². The molecule has 3 nitrogen and oxygen atoms in total. The highest BCUT2D eigenvalue weighted by Gasteiger charge is 2.09. The Morgan fingerprint density at radius 3 is 3.00 bits per heavy atom. The average Bonchev–Trinajstić information content (AvgIpc) is 2.69. The van der Waals surface area contributed by atoms with E-state index >= 15 is 0 Å². The molecular weight excluding hydrogens is 222 g/mol.